The average Bonchev–Trinajstić information content (AvgIpc) is 3.08. The van der Waals surface area contributed by atoms with Crippen LogP contribution in [0.1, 0.15) is 29.7 Å². The fourth-order valence-corrected chi connectivity index (χ4v) is 2.64. The van der Waals surface area contributed by atoms with Crippen LogP contribution in [0.5, 0.6) is 0 Å². The molecule has 3 unspecified atom stereocenters. The summed E-state index contributed by atoms with van der Waals surface area (Å²) in [5.41, 5.74) is -0.0406. The molecule has 1 heterocycles. The Morgan fingerprint density at radius 1 is 1.32 bits per heavy atom. The number of amides is 1. The number of hydrogen-bond acceptors (Lipinski definition) is 3. The van der Waals surface area contributed by atoms with Gasteiger partial charge in [0.2, 0.25) is 5.91 Å². The fraction of sp³-hybridized carbons (Fsp3) is 0.312. The van der Waals surface area contributed by atoms with Gasteiger partial charge in [-0.15, -0.1) is 0 Å². The van der Waals surface area contributed by atoms with Crippen molar-refractivity contribution in [1.29, 1.82) is 0 Å². The lowest BCUT2D eigenvalue weighted by molar-refractivity contribution is -0.123. The molecular formula is C16H15F2NO3. The number of hydrogen-bond donors (Lipinski definition) is 2. The quantitative estimate of drug-likeness (QED) is 0.892. The number of furan rings is 1. The number of benzene rings is 1. The van der Waals surface area contributed by atoms with Crippen LogP contribution in [0.4, 0.5) is 8.78 Å². The van der Waals surface area contributed by atoms with Gasteiger partial charge in [0.15, 0.2) is 0 Å². The van der Waals surface area contributed by atoms with Crippen LogP contribution in [0.25, 0.3) is 0 Å². The molecule has 1 aliphatic rings. The zero-order valence-electron chi connectivity index (χ0n) is 11.6. The van der Waals surface area contributed by atoms with Gasteiger partial charge in [-0.3, -0.25) is 4.79 Å². The summed E-state index contributed by atoms with van der Waals surface area (Å²) >= 11 is 0. The van der Waals surface area contributed by atoms with Crippen molar-refractivity contribution in [3.8, 4) is 0 Å². The van der Waals surface area contributed by atoms with Crippen LogP contribution < -0.4 is 5.32 Å². The largest absolute Gasteiger partial charge is 0.467 e. The molecule has 3 atom stereocenters. The highest BCUT2D eigenvalue weighted by atomic mass is 19.1. The van der Waals surface area contributed by atoms with Crippen molar-refractivity contribution in [2.75, 3.05) is 6.61 Å². The van der Waals surface area contributed by atoms with Crippen molar-refractivity contribution >= 4 is 5.91 Å². The highest BCUT2D eigenvalue weighted by molar-refractivity contribution is 5.83. The predicted molar refractivity (Wildman–Crippen MR) is 73.9 cm³/mol. The van der Waals surface area contributed by atoms with E-state index in [4.69, 9.17) is 4.42 Å². The van der Waals surface area contributed by atoms with Crippen molar-refractivity contribution in [2.24, 2.45) is 5.92 Å². The van der Waals surface area contributed by atoms with Crippen LogP contribution >= 0.6 is 0 Å². The number of rotatable bonds is 5. The number of nitrogens with one attached hydrogen (secondary N) is 1. The smallest absolute Gasteiger partial charge is 0.224 e. The summed E-state index contributed by atoms with van der Waals surface area (Å²) in [4.78, 5) is 12.2. The van der Waals surface area contributed by atoms with Crippen molar-refractivity contribution in [1.82, 2.24) is 5.32 Å². The van der Waals surface area contributed by atoms with E-state index in [9.17, 15) is 18.7 Å². The normalized spacial score (nSPS) is 21.4. The van der Waals surface area contributed by atoms with Gasteiger partial charge in [0.05, 0.1) is 12.9 Å². The topological polar surface area (TPSA) is 62.5 Å². The molecule has 1 aromatic heterocycles. The van der Waals surface area contributed by atoms with E-state index in [2.05, 4.69) is 5.32 Å². The van der Waals surface area contributed by atoms with Crippen molar-refractivity contribution in [2.45, 2.75) is 18.4 Å². The van der Waals surface area contributed by atoms with Crippen LogP contribution in [0.15, 0.2) is 41.0 Å². The summed E-state index contributed by atoms with van der Waals surface area (Å²) in [6.45, 7) is -0.315. The van der Waals surface area contributed by atoms with Gasteiger partial charge in [0.1, 0.15) is 23.4 Å². The Morgan fingerprint density at radius 3 is 2.64 bits per heavy atom. The zero-order valence-corrected chi connectivity index (χ0v) is 11.6. The molecule has 0 saturated heterocycles. The zero-order chi connectivity index (χ0) is 15.7. The van der Waals surface area contributed by atoms with Crippen LogP contribution in [-0.4, -0.2) is 17.6 Å². The summed E-state index contributed by atoms with van der Waals surface area (Å²) in [7, 11) is 0. The summed E-state index contributed by atoms with van der Waals surface area (Å²) in [5.74, 6) is -2.13. The van der Waals surface area contributed by atoms with Crippen LogP contribution in [-0.2, 0) is 4.79 Å². The SMILES string of the molecule is O=C(NC(CO)c1ccco1)C1CC1c1c(F)cccc1F. The third-order valence-electron chi connectivity index (χ3n) is 3.88. The highest BCUT2D eigenvalue weighted by Gasteiger charge is 2.47. The molecule has 1 aliphatic carbocycles. The summed E-state index contributed by atoms with van der Waals surface area (Å²) < 4.78 is 32.5. The number of halogens is 2. The molecule has 116 valence electrons. The van der Waals surface area contributed by atoms with E-state index in [0.717, 1.165) is 0 Å². The molecule has 22 heavy (non-hydrogen) atoms. The summed E-state index contributed by atoms with van der Waals surface area (Å²) in [5, 5.41) is 12.0. The lowest BCUT2D eigenvalue weighted by atomic mass is 10.1. The van der Waals surface area contributed by atoms with Gasteiger partial charge in [-0.25, -0.2) is 8.78 Å². The molecule has 1 fully saturated rings. The van der Waals surface area contributed by atoms with Gasteiger partial charge < -0.3 is 14.8 Å². The Morgan fingerprint density at radius 2 is 2.05 bits per heavy atom. The first-order valence-corrected chi connectivity index (χ1v) is 7.00. The van der Waals surface area contributed by atoms with Crippen LogP contribution in [0.2, 0.25) is 0 Å². The van der Waals surface area contributed by atoms with Gasteiger partial charge in [-0.1, -0.05) is 6.07 Å². The first kappa shape index (κ1) is 14.7. The maximum absolute atomic E-state index is 13.7. The molecule has 2 N–H and O–H groups in total. The molecule has 6 heteroatoms. The van der Waals surface area contributed by atoms with Crippen LogP contribution in [0.3, 0.4) is 0 Å². The molecule has 0 spiro atoms. The number of carbonyl (C=O) groups is 1. The van der Waals surface area contributed by atoms with Gasteiger partial charge in [0, 0.05) is 17.4 Å². The molecular weight excluding hydrogens is 292 g/mol. The van der Waals surface area contributed by atoms with Crippen molar-refractivity contribution in [3.05, 3.63) is 59.6 Å². The number of aliphatic hydroxyl groups is 1. The molecule has 2 aromatic rings. The second-order valence-electron chi connectivity index (χ2n) is 5.34. The van der Waals surface area contributed by atoms with Gasteiger partial charge in [0.25, 0.3) is 0 Å². The van der Waals surface area contributed by atoms with Crippen molar-refractivity contribution in [3.63, 3.8) is 0 Å². The highest BCUT2D eigenvalue weighted by Crippen LogP contribution is 2.49. The van der Waals surface area contributed by atoms with Gasteiger partial charge in [-0.05, 0) is 30.7 Å². The third-order valence-corrected chi connectivity index (χ3v) is 3.88. The lowest BCUT2D eigenvalue weighted by Gasteiger charge is -2.14. The second-order valence-corrected chi connectivity index (χ2v) is 5.34. The molecule has 1 amide bonds. The van der Waals surface area contributed by atoms with E-state index >= 15 is 0 Å². The van der Waals surface area contributed by atoms with Crippen LogP contribution in [0, 0.1) is 17.6 Å². The van der Waals surface area contributed by atoms with E-state index in [0.29, 0.717) is 12.2 Å². The first-order chi connectivity index (χ1) is 10.6. The molecule has 0 aliphatic heterocycles. The monoisotopic (exact) mass is 307 g/mol. The Hall–Kier alpha value is -2.21. The third kappa shape index (κ3) is 2.74. The van der Waals surface area contributed by atoms with Gasteiger partial charge >= 0.3 is 0 Å². The minimum Gasteiger partial charge on any atom is -0.467 e. The Labute approximate surface area is 125 Å². The Kier molecular flexibility index (Phi) is 3.94. The molecule has 4 nitrogen and oxygen atoms in total. The maximum Gasteiger partial charge on any atom is 0.224 e. The lowest BCUT2D eigenvalue weighted by Crippen LogP contribution is -2.32. The van der Waals surface area contributed by atoms with E-state index in [1.54, 1.807) is 12.1 Å². The van der Waals surface area contributed by atoms with Gasteiger partial charge in [-0.2, -0.15) is 0 Å². The molecule has 0 bridgehead atoms. The molecule has 1 saturated carbocycles. The summed E-state index contributed by atoms with van der Waals surface area (Å²) in [6.07, 6.45) is 1.83. The van der Waals surface area contributed by atoms with E-state index in [-0.39, 0.29) is 18.1 Å². The molecule has 1 aromatic carbocycles. The summed E-state index contributed by atoms with van der Waals surface area (Å²) in [6, 6.07) is 6.30. The number of carbonyl (C=O) groups excluding carboxylic acids is 1. The standard InChI is InChI=1S/C16H15F2NO3/c17-11-3-1-4-12(18)15(11)9-7-10(9)16(21)19-13(8-20)14-5-2-6-22-14/h1-6,9-10,13,20H,7-8H2,(H,19,21). The van der Waals surface area contributed by atoms with E-state index in [1.807, 2.05) is 0 Å². The van der Waals surface area contributed by atoms with E-state index < -0.39 is 29.5 Å². The molecule has 0 radical (unpaired) electrons. The first-order valence-electron chi connectivity index (χ1n) is 7.00. The van der Waals surface area contributed by atoms with E-state index in [1.165, 1.54) is 24.5 Å². The van der Waals surface area contributed by atoms with Crippen molar-refractivity contribution < 1.29 is 23.1 Å². The Balaban J connectivity index is 1.68. The minimum absolute atomic E-state index is 0.0406. The average molecular weight is 307 g/mol. The maximum atomic E-state index is 13.7. The minimum atomic E-state index is -0.658. The predicted octanol–water partition coefficient (Wildman–Crippen LogP) is 2.51. The number of aliphatic hydroxyl groups excluding tert-OH is 1. The molecule has 3 rings (SSSR count). The second kappa shape index (κ2) is 5.88. The fourth-order valence-electron chi connectivity index (χ4n) is 2.64. The Bertz CT molecular complexity index is 652.